The predicted octanol–water partition coefficient (Wildman–Crippen LogP) is 5.33. The SMILES string of the molecule is C[C@H]1CCCCO[C@H](CN(C)C(=O)Nc2cccc3ccccc23)[C@@H](C)CN([C@@H](C)CO)C(=O)c2cc(NS(=O)(=O)c3cn(C)cn3)ccc2O1. The molecule has 5 rings (SSSR count). The topological polar surface area (TPSA) is 155 Å². The summed E-state index contributed by atoms with van der Waals surface area (Å²) in [6, 6.07) is 17.3. The maximum atomic E-state index is 14.4. The van der Waals surface area contributed by atoms with E-state index in [4.69, 9.17) is 9.47 Å². The molecule has 274 valence electrons. The first-order valence-corrected chi connectivity index (χ1v) is 18.7. The van der Waals surface area contributed by atoms with Crippen molar-refractivity contribution in [3.63, 3.8) is 0 Å². The van der Waals surface area contributed by atoms with Crippen LogP contribution >= 0.6 is 0 Å². The van der Waals surface area contributed by atoms with Gasteiger partial charge in [-0.3, -0.25) is 9.52 Å². The molecule has 1 aromatic heterocycles. The van der Waals surface area contributed by atoms with E-state index in [9.17, 15) is 23.1 Å². The van der Waals surface area contributed by atoms with Gasteiger partial charge in [-0.05, 0) is 62.8 Å². The van der Waals surface area contributed by atoms with Gasteiger partial charge in [0.1, 0.15) is 5.75 Å². The minimum absolute atomic E-state index is 0.150. The van der Waals surface area contributed by atoms with Crippen molar-refractivity contribution in [3.8, 4) is 5.75 Å². The molecule has 0 saturated heterocycles. The molecule has 0 bridgehead atoms. The van der Waals surface area contributed by atoms with Crippen LogP contribution in [0.3, 0.4) is 0 Å². The Morgan fingerprint density at radius 2 is 1.88 bits per heavy atom. The van der Waals surface area contributed by atoms with Gasteiger partial charge < -0.3 is 34.3 Å². The Balaban J connectivity index is 1.40. The molecule has 3 aromatic carbocycles. The van der Waals surface area contributed by atoms with E-state index in [0.717, 1.165) is 23.6 Å². The zero-order valence-corrected chi connectivity index (χ0v) is 30.6. The van der Waals surface area contributed by atoms with E-state index in [0.29, 0.717) is 24.5 Å². The fourth-order valence-corrected chi connectivity index (χ4v) is 7.11. The number of sulfonamides is 1. The monoisotopic (exact) mass is 720 g/mol. The number of imidazole rings is 1. The summed E-state index contributed by atoms with van der Waals surface area (Å²) < 4.78 is 42.9. The maximum Gasteiger partial charge on any atom is 0.321 e. The van der Waals surface area contributed by atoms with Gasteiger partial charge in [0, 0.05) is 57.0 Å². The molecule has 1 aliphatic heterocycles. The molecule has 0 unspecified atom stereocenters. The molecule has 13 nitrogen and oxygen atoms in total. The average Bonchev–Trinajstić information content (AvgIpc) is 3.56. The number of anilines is 2. The first kappa shape index (κ1) is 37.6. The Kier molecular flexibility index (Phi) is 12.2. The van der Waals surface area contributed by atoms with Gasteiger partial charge in [0.15, 0.2) is 5.03 Å². The molecule has 51 heavy (non-hydrogen) atoms. The van der Waals surface area contributed by atoms with Crippen molar-refractivity contribution in [1.82, 2.24) is 19.4 Å². The third kappa shape index (κ3) is 9.37. The van der Waals surface area contributed by atoms with Gasteiger partial charge in [0.2, 0.25) is 0 Å². The summed E-state index contributed by atoms with van der Waals surface area (Å²) in [6.45, 7) is 6.20. The molecule has 0 radical (unpaired) electrons. The van der Waals surface area contributed by atoms with Crippen LogP contribution in [0, 0.1) is 5.92 Å². The number of aromatic nitrogens is 2. The zero-order valence-electron chi connectivity index (χ0n) is 29.8. The van der Waals surface area contributed by atoms with Crippen molar-refractivity contribution in [2.75, 3.05) is 43.4 Å². The molecule has 0 fully saturated rings. The van der Waals surface area contributed by atoms with E-state index in [1.807, 2.05) is 56.3 Å². The molecule has 0 saturated carbocycles. The fraction of sp³-hybridized carbons (Fsp3) is 0.432. The number of nitrogens with one attached hydrogen (secondary N) is 2. The number of hydrogen-bond donors (Lipinski definition) is 3. The van der Waals surface area contributed by atoms with Crippen molar-refractivity contribution < 1.29 is 32.6 Å². The Morgan fingerprint density at radius 1 is 1.12 bits per heavy atom. The number of fused-ring (bicyclic) bond motifs is 2. The highest BCUT2D eigenvalue weighted by Crippen LogP contribution is 2.30. The number of amides is 3. The largest absolute Gasteiger partial charge is 0.490 e. The van der Waals surface area contributed by atoms with Gasteiger partial charge in [0.25, 0.3) is 15.9 Å². The predicted molar refractivity (Wildman–Crippen MR) is 196 cm³/mol. The molecule has 4 aromatic rings. The van der Waals surface area contributed by atoms with Crippen LogP contribution < -0.4 is 14.8 Å². The fourth-order valence-electron chi connectivity index (χ4n) is 6.08. The number of carbonyl (C=O) groups is 2. The van der Waals surface area contributed by atoms with Crippen molar-refractivity contribution >= 4 is 44.1 Å². The third-order valence-electron chi connectivity index (χ3n) is 9.09. The number of aliphatic hydroxyl groups is 1. The van der Waals surface area contributed by atoms with Gasteiger partial charge in [-0.25, -0.2) is 9.78 Å². The second-order valence-electron chi connectivity index (χ2n) is 13.3. The number of benzene rings is 3. The number of rotatable bonds is 8. The van der Waals surface area contributed by atoms with E-state index in [1.54, 1.807) is 43.0 Å². The molecule has 3 amide bonds. The van der Waals surface area contributed by atoms with Crippen LogP contribution in [-0.2, 0) is 21.8 Å². The number of hydrogen-bond acceptors (Lipinski definition) is 8. The Morgan fingerprint density at radius 3 is 2.63 bits per heavy atom. The molecule has 1 aliphatic rings. The van der Waals surface area contributed by atoms with Crippen molar-refractivity contribution in [2.24, 2.45) is 13.0 Å². The molecule has 0 aliphatic carbocycles. The Bertz CT molecular complexity index is 1930. The summed E-state index contributed by atoms with van der Waals surface area (Å²) in [5.74, 6) is -0.402. The number of aliphatic hydroxyl groups excluding tert-OH is 1. The zero-order chi connectivity index (χ0) is 36.7. The number of likely N-dealkylation sites (N-methyl/N-ethyl adjacent to an activating group) is 1. The minimum atomic E-state index is -4.04. The Hall–Kier alpha value is -4.66. The number of urea groups is 1. The number of carbonyl (C=O) groups excluding carboxylic acids is 2. The number of nitrogens with zero attached hydrogens (tertiary/aromatic N) is 4. The second kappa shape index (κ2) is 16.6. The smallest absolute Gasteiger partial charge is 0.321 e. The first-order chi connectivity index (χ1) is 24.4. The molecular formula is C37H48N6O7S. The lowest BCUT2D eigenvalue weighted by Crippen LogP contribution is -2.48. The number of ether oxygens (including phenoxy) is 2. The minimum Gasteiger partial charge on any atom is -0.490 e. The highest BCUT2D eigenvalue weighted by Gasteiger charge is 2.31. The van der Waals surface area contributed by atoms with Gasteiger partial charge in [-0.2, -0.15) is 8.42 Å². The third-order valence-corrected chi connectivity index (χ3v) is 10.4. The van der Waals surface area contributed by atoms with Gasteiger partial charge in [-0.15, -0.1) is 0 Å². The summed E-state index contributed by atoms with van der Waals surface area (Å²) in [4.78, 5) is 35.0. The van der Waals surface area contributed by atoms with E-state index < -0.39 is 28.1 Å². The van der Waals surface area contributed by atoms with Crippen molar-refractivity contribution in [2.45, 2.75) is 63.3 Å². The Labute approximate surface area is 299 Å². The van der Waals surface area contributed by atoms with Gasteiger partial charge in [0.05, 0.1) is 42.4 Å². The average molecular weight is 721 g/mol. The molecule has 0 spiro atoms. The summed E-state index contributed by atoms with van der Waals surface area (Å²) in [7, 11) is -0.657. The van der Waals surface area contributed by atoms with Crippen LogP contribution in [0.5, 0.6) is 5.75 Å². The standard InChI is InChI=1S/C37H48N6O7S/c1-25-20-43(26(2)23-44)36(45)31-19-29(40-51(47,48)35-22-41(4)24-38-35)16-17-33(31)50-27(3)11-8-9-18-49-34(25)21-42(5)37(46)39-32-15-10-13-28-12-6-7-14-30(28)32/h6-7,10,12-17,19,22,24-27,34,40,44H,8-9,11,18,20-21,23H2,1-5H3,(H,39,46)/t25-,26-,27-,34+/m0/s1. The van der Waals surface area contributed by atoms with Crippen LogP contribution in [-0.4, -0.2) is 96.4 Å². The van der Waals surface area contributed by atoms with Crippen LogP contribution in [0.4, 0.5) is 16.2 Å². The molecule has 14 heteroatoms. The van der Waals surface area contributed by atoms with Gasteiger partial charge >= 0.3 is 6.03 Å². The first-order valence-electron chi connectivity index (χ1n) is 17.2. The van der Waals surface area contributed by atoms with E-state index in [-0.39, 0.29) is 54.0 Å². The summed E-state index contributed by atoms with van der Waals surface area (Å²) in [5, 5.41) is 15.1. The lowest BCUT2D eigenvalue weighted by molar-refractivity contribution is -0.0115. The second-order valence-corrected chi connectivity index (χ2v) is 15.0. The molecular weight excluding hydrogens is 673 g/mol. The highest BCUT2D eigenvalue weighted by molar-refractivity contribution is 7.92. The van der Waals surface area contributed by atoms with Crippen LogP contribution in [0.2, 0.25) is 0 Å². The van der Waals surface area contributed by atoms with Crippen molar-refractivity contribution in [1.29, 1.82) is 0 Å². The maximum absolute atomic E-state index is 14.4. The summed E-state index contributed by atoms with van der Waals surface area (Å²) in [6.07, 6.45) is 4.33. The van der Waals surface area contributed by atoms with E-state index in [1.165, 1.54) is 23.2 Å². The lowest BCUT2D eigenvalue weighted by Gasteiger charge is -2.35. The highest BCUT2D eigenvalue weighted by atomic mass is 32.2. The van der Waals surface area contributed by atoms with Gasteiger partial charge in [-0.1, -0.05) is 43.3 Å². The van der Waals surface area contributed by atoms with E-state index in [2.05, 4.69) is 15.0 Å². The lowest BCUT2D eigenvalue weighted by atomic mass is 10.0. The van der Waals surface area contributed by atoms with Crippen LogP contribution in [0.15, 0.2) is 78.2 Å². The number of aryl methyl sites for hydroxylation is 1. The molecule has 2 heterocycles. The molecule has 4 atom stereocenters. The van der Waals surface area contributed by atoms with E-state index >= 15 is 0 Å². The van der Waals surface area contributed by atoms with Crippen LogP contribution in [0.1, 0.15) is 50.4 Å². The normalized spacial score (nSPS) is 19.8. The summed E-state index contributed by atoms with van der Waals surface area (Å²) >= 11 is 0. The van der Waals surface area contributed by atoms with Crippen LogP contribution in [0.25, 0.3) is 10.8 Å². The molecule has 3 N–H and O–H groups in total. The van der Waals surface area contributed by atoms with Crippen molar-refractivity contribution in [3.05, 3.63) is 78.8 Å². The summed E-state index contributed by atoms with van der Waals surface area (Å²) in [5.41, 5.74) is 1.02. The quantitative estimate of drug-likeness (QED) is 0.221.